The van der Waals surface area contributed by atoms with Crippen molar-refractivity contribution in [2.75, 3.05) is 0 Å². The minimum Gasteiger partial charge on any atom is -0.459 e. The topological polar surface area (TPSA) is 69.4 Å². The first-order valence-corrected chi connectivity index (χ1v) is 6.82. The zero-order chi connectivity index (χ0) is 15.3. The lowest BCUT2D eigenvalue weighted by atomic mass is 9.89. The van der Waals surface area contributed by atoms with Gasteiger partial charge in [0.2, 0.25) is 0 Å². The normalized spacial score (nSPS) is 14.4. The van der Waals surface area contributed by atoms with E-state index in [9.17, 15) is 9.59 Å². The smallest absolute Gasteiger partial charge is 0.318 e. The molecule has 0 radical (unpaired) electrons. The molecule has 2 atom stereocenters. The fourth-order valence-electron chi connectivity index (χ4n) is 1.93. The first-order valence-electron chi connectivity index (χ1n) is 6.82. The van der Waals surface area contributed by atoms with Gasteiger partial charge in [-0.05, 0) is 26.3 Å². The molecule has 4 heteroatoms. The molecule has 0 saturated carbocycles. The maximum absolute atomic E-state index is 12.3. The fourth-order valence-corrected chi connectivity index (χ4v) is 1.93. The molecule has 0 aliphatic carbocycles. The number of hydrogen-bond donors (Lipinski definition) is 1. The van der Waals surface area contributed by atoms with Crippen LogP contribution in [0.5, 0.6) is 0 Å². The molecule has 0 saturated heterocycles. The monoisotopic (exact) mass is 277 g/mol. The van der Waals surface area contributed by atoms with Crippen LogP contribution in [0.2, 0.25) is 0 Å². The molecule has 0 aliphatic heterocycles. The molecule has 0 bridgehead atoms. The number of ether oxygens (including phenoxy) is 1. The predicted molar refractivity (Wildman–Crippen MR) is 78.0 cm³/mol. The minimum atomic E-state index is -0.957. The molecule has 0 spiro atoms. The molecular formula is C16H23NO3. The van der Waals surface area contributed by atoms with Crippen molar-refractivity contribution in [2.45, 2.75) is 45.8 Å². The van der Waals surface area contributed by atoms with E-state index in [-0.39, 0.29) is 12.2 Å². The Bertz CT molecular complexity index is 462. The summed E-state index contributed by atoms with van der Waals surface area (Å²) >= 11 is 0. The van der Waals surface area contributed by atoms with E-state index in [4.69, 9.17) is 10.5 Å². The number of Topliss-reactive ketones (excluding diaryl/α,β-unsaturated/α-hetero) is 1. The molecular weight excluding hydrogens is 254 g/mol. The Hall–Kier alpha value is -1.68. The van der Waals surface area contributed by atoms with Crippen LogP contribution in [0.4, 0.5) is 0 Å². The Balaban J connectivity index is 3.01. The second-order valence-electron chi connectivity index (χ2n) is 5.77. The Kier molecular flexibility index (Phi) is 5.45. The van der Waals surface area contributed by atoms with E-state index in [0.717, 1.165) is 5.56 Å². The second kappa shape index (κ2) is 6.66. The molecule has 0 fully saturated rings. The van der Waals surface area contributed by atoms with Gasteiger partial charge >= 0.3 is 5.97 Å². The third-order valence-electron chi connectivity index (χ3n) is 2.90. The molecule has 0 aliphatic rings. The fraction of sp³-hybridized carbons (Fsp3) is 0.500. The van der Waals surface area contributed by atoms with E-state index in [1.54, 1.807) is 27.7 Å². The summed E-state index contributed by atoms with van der Waals surface area (Å²) in [5.41, 5.74) is 6.23. The van der Waals surface area contributed by atoms with E-state index in [0.29, 0.717) is 0 Å². The van der Waals surface area contributed by atoms with Crippen molar-refractivity contribution in [3.05, 3.63) is 35.9 Å². The van der Waals surface area contributed by atoms with Gasteiger partial charge in [-0.2, -0.15) is 0 Å². The number of esters is 1. The Morgan fingerprint density at radius 1 is 1.20 bits per heavy atom. The summed E-state index contributed by atoms with van der Waals surface area (Å²) in [6.07, 6.45) is 0.254. The summed E-state index contributed by atoms with van der Waals surface area (Å²) in [7, 11) is 0. The molecule has 110 valence electrons. The number of carbonyl (C=O) groups excluding carboxylic acids is 2. The van der Waals surface area contributed by atoms with Crippen molar-refractivity contribution in [1.29, 1.82) is 0 Å². The summed E-state index contributed by atoms with van der Waals surface area (Å²) in [6, 6.07) is 8.46. The maximum atomic E-state index is 12.3. The van der Waals surface area contributed by atoms with Crippen molar-refractivity contribution in [2.24, 2.45) is 11.7 Å². The van der Waals surface area contributed by atoms with Gasteiger partial charge in [-0.15, -0.1) is 0 Å². The van der Waals surface area contributed by atoms with Gasteiger partial charge in [-0.1, -0.05) is 37.3 Å². The van der Waals surface area contributed by atoms with Crippen LogP contribution in [0.15, 0.2) is 30.3 Å². The van der Waals surface area contributed by atoms with E-state index in [1.165, 1.54) is 0 Å². The molecule has 20 heavy (non-hydrogen) atoms. The van der Waals surface area contributed by atoms with Gasteiger partial charge in [0, 0.05) is 6.42 Å². The number of benzene rings is 1. The van der Waals surface area contributed by atoms with Gasteiger partial charge in [0.15, 0.2) is 0 Å². The van der Waals surface area contributed by atoms with Gasteiger partial charge < -0.3 is 10.5 Å². The highest BCUT2D eigenvalue weighted by atomic mass is 16.6. The molecule has 2 unspecified atom stereocenters. The molecule has 4 nitrogen and oxygen atoms in total. The Morgan fingerprint density at radius 2 is 1.75 bits per heavy atom. The highest BCUT2D eigenvalue weighted by Gasteiger charge is 2.35. The van der Waals surface area contributed by atoms with Gasteiger partial charge in [0.1, 0.15) is 17.3 Å². The summed E-state index contributed by atoms with van der Waals surface area (Å²) in [5, 5.41) is 0. The lowest BCUT2D eigenvalue weighted by Gasteiger charge is -2.26. The standard InChI is InChI=1S/C16H23NO3/c1-5-12(18)13(15(19)20-16(2,3)4)14(17)11-9-7-6-8-10-11/h6-10,13-14H,5,17H2,1-4H3. The van der Waals surface area contributed by atoms with Crippen LogP contribution in [0, 0.1) is 5.92 Å². The van der Waals surface area contributed by atoms with Crippen molar-refractivity contribution >= 4 is 11.8 Å². The zero-order valence-corrected chi connectivity index (χ0v) is 12.6. The van der Waals surface area contributed by atoms with E-state index in [1.807, 2.05) is 30.3 Å². The van der Waals surface area contributed by atoms with Gasteiger partial charge in [0.25, 0.3) is 0 Å². The molecule has 0 heterocycles. The molecule has 2 N–H and O–H groups in total. The largest absolute Gasteiger partial charge is 0.459 e. The van der Waals surface area contributed by atoms with Crippen molar-refractivity contribution in [3.8, 4) is 0 Å². The van der Waals surface area contributed by atoms with Crippen LogP contribution < -0.4 is 5.73 Å². The van der Waals surface area contributed by atoms with Crippen LogP contribution in [-0.2, 0) is 14.3 Å². The average molecular weight is 277 g/mol. The number of carbonyl (C=O) groups is 2. The van der Waals surface area contributed by atoms with Crippen molar-refractivity contribution < 1.29 is 14.3 Å². The highest BCUT2D eigenvalue weighted by molar-refractivity contribution is 5.99. The third kappa shape index (κ3) is 4.46. The summed E-state index contributed by atoms with van der Waals surface area (Å²) in [6.45, 7) is 7.03. The predicted octanol–water partition coefficient (Wildman–Crippen LogP) is 2.62. The minimum absolute atomic E-state index is 0.199. The van der Waals surface area contributed by atoms with Gasteiger partial charge in [-0.25, -0.2) is 0 Å². The quantitative estimate of drug-likeness (QED) is 0.663. The lowest BCUT2D eigenvalue weighted by molar-refractivity contribution is -0.163. The summed E-state index contributed by atoms with van der Waals surface area (Å²) < 4.78 is 5.33. The van der Waals surface area contributed by atoms with E-state index in [2.05, 4.69) is 0 Å². The van der Waals surface area contributed by atoms with E-state index < -0.39 is 23.5 Å². The first-order chi connectivity index (χ1) is 9.26. The van der Waals surface area contributed by atoms with E-state index >= 15 is 0 Å². The molecule has 1 aromatic carbocycles. The molecule has 0 aromatic heterocycles. The number of rotatable bonds is 5. The average Bonchev–Trinajstić information content (AvgIpc) is 2.37. The Morgan fingerprint density at radius 3 is 2.20 bits per heavy atom. The lowest BCUT2D eigenvalue weighted by Crippen LogP contribution is -2.39. The Labute approximate surface area is 120 Å². The highest BCUT2D eigenvalue weighted by Crippen LogP contribution is 2.24. The van der Waals surface area contributed by atoms with Crippen LogP contribution in [-0.4, -0.2) is 17.4 Å². The molecule has 1 rings (SSSR count). The maximum Gasteiger partial charge on any atom is 0.318 e. The number of hydrogen-bond acceptors (Lipinski definition) is 4. The molecule has 0 amide bonds. The van der Waals surface area contributed by atoms with Gasteiger partial charge in [-0.3, -0.25) is 9.59 Å². The van der Waals surface area contributed by atoms with Crippen LogP contribution in [0.1, 0.15) is 45.7 Å². The number of ketones is 1. The zero-order valence-electron chi connectivity index (χ0n) is 12.6. The van der Waals surface area contributed by atoms with Crippen LogP contribution in [0.3, 0.4) is 0 Å². The third-order valence-corrected chi connectivity index (χ3v) is 2.90. The first kappa shape index (κ1) is 16.4. The van der Waals surface area contributed by atoms with Crippen molar-refractivity contribution in [3.63, 3.8) is 0 Å². The summed E-state index contributed by atoms with van der Waals surface area (Å²) in [4.78, 5) is 24.3. The summed E-state index contributed by atoms with van der Waals surface area (Å²) in [5.74, 6) is -1.71. The SMILES string of the molecule is CCC(=O)C(C(=O)OC(C)(C)C)C(N)c1ccccc1. The van der Waals surface area contributed by atoms with Crippen LogP contribution >= 0.6 is 0 Å². The molecule has 1 aromatic rings. The van der Waals surface area contributed by atoms with Gasteiger partial charge in [0.05, 0.1) is 6.04 Å². The van der Waals surface area contributed by atoms with Crippen molar-refractivity contribution in [1.82, 2.24) is 0 Å². The van der Waals surface area contributed by atoms with Crippen LogP contribution in [0.25, 0.3) is 0 Å². The number of nitrogens with two attached hydrogens (primary N) is 1. The second-order valence-corrected chi connectivity index (χ2v) is 5.77.